The van der Waals surface area contributed by atoms with E-state index in [0.29, 0.717) is 11.3 Å². The molecule has 98 valence electrons. The maximum atomic E-state index is 11.7. The topological polar surface area (TPSA) is 43.4 Å². The lowest BCUT2D eigenvalue weighted by atomic mass is 10.1. The minimum atomic E-state index is -1.06. The molecule has 3 nitrogen and oxygen atoms in total. The first-order chi connectivity index (χ1) is 8.26. The van der Waals surface area contributed by atoms with Gasteiger partial charge in [-0.05, 0) is 26.0 Å². The molecule has 1 saturated carbocycles. The van der Waals surface area contributed by atoms with E-state index in [-0.39, 0.29) is 12.4 Å². The molecule has 1 heterocycles. The van der Waals surface area contributed by atoms with E-state index < -0.39 is 15.7 Å². The Hall–Kier alpha value is -0.580. The second-order valence-electron chi connectivity index (χ2n) is 4.62. The molecule has 1 atom stereocenters. The number of rotatable bonds is 4. The summed E-state index contributed by atoms with van der Waals surface area (Å²) < 4.78 is 3.92. The summed E-state index contributed by atoms with van der Waals surface area (Å²) in [5.41, 5.74) is -0.887. The lowest BCUT2D eigenvalue weighted by Crippen LogP contribution is -2.24. The van der Waals surface area contributed by atoms with E-state index >= 15 is 0 Å². The van der Waals surface area contributed by atoms with E-state index in [1.54, 1.807) is 13.0 Å². The van der Waals surface area contributed by atoms with Crippen LogP contribution in [0.5, 0.6) is 0 Å². The van der Waals surface area contributed by atoms with Crippen LogP contribution in [0.15, 0.2) is 12.1 Å². The number of halogens is 2. The standard InChI is InChI=1S/C12H12Cl2O3S/c1-7-3-4-9(18-7)8(15)5-17-10(16)11(2)6-12(11,13)14/h3-4H,5-6H2,1-2H3. The third-order valence-electron chi connectivity index (χ3n) is 3.06. The molecule has 0 saturated heterocycles. The molecule has 2 rings (SSSR count). The molecule has 0 amide bonds. The molecule has 0 aliphatic heterocycles. The van der Waals surface area contributed by atoms with Gasteiger partial charge in [0.1, 0.15) is 9.75 Å². The van der Waals surface area contributed by atoms with Crippen LogP contribution in [-0.2, 0) is 9.53 Å². The van der Waals surface area contributed by atoms with Crippen molar-refractivity contribution in [1.82, 2.24) is 0 Å². The van der Waals surface area contributed by atoms with Gasteiger partial charge in [0.25, 0.3) is 0 Å². The fraction of sp³-hybridized carbons (Fsp3) is 0.500. The second-order valence-corrected chi connectivity index (χ2v) is 7.39. The fourth-order valence-electron chi connectivity index (χ4n) is 1.57. The Morgan fingerprint density at radius 3 is 2.50 bits per heavy atom. The summed E-state index contributed by atoms with van der Waals surface area (Å²) in [5.74, 6) is -0.727. The van der Waals surface area contributed by atoms with Gasteiger partial charge in [-0.3, -0.25) is 9.59 Å². The first kappa shape index (κ1) is 13.8. The Kier molecular flexibility index (Phi) is 3.47. The Bertz CT molecular complexity index is 509. The van der Waals surface area contributed by atoms with Gasteiger partial charge in [-0.15, -0.1) is 34.5 Å². The highest BCUT2D eigenvalue weighted by molar-refractivity contribution is 7.14. The highest BCUT2D eigenvalue weighted by atomic mass is 35.5. The zero-order valence-corrected chi connectivity index (χ0v) is 12.3. The summed E-state index contributed by atoms with van der Waals surface area (Å²) in [5, 5.41) is 0. The first-order valence-corrected chi connectivity index (χ1v) is 6.98. The minimum Gasteiger partial charge on any atom is -0.457 e. The number of hydrogen-bond acceptors (Lipinski definition) is 4. The predicted octanol–water partition coefficient (Wildman–Crippen LogP) is 3.37. The zero-order valence-electron chi connectivity index (χ0n) is 9.96. The summed E-state index contributed by atoms with van der Waals surface area (Å²) >= 11 is 13.1. The molecule has 1 aliphatic rings. The molecule has 18 heavy (non-hydrogen) atoms. The van der Waals surface area contributed by atoms with Gasteiger partial charge in [0, 0.05) is 11.3 Å². The highest BCUT2D eigenvalue weighted by Crippen LogP contribution is 2.64. The predicted molar refractivity (Wildman–Crippen MR) is 71.5 cm³/mol. The van der Waals surface area contributed by atoms with Gasteiger partial charge in [0.05, 0.1) is 4.88 Å². The van der Waals surface area contributed by atoms with Crippen LogP contribution in [0.3, 0.4) is 0 Å². The van der Waals surface area contributed by atoms with Crippen molar-refractivity contribution >= 4 is 46.3 Å². The van der Waals surface area contributed by atoms with E-state index in [1.165, 1.54) is 11.3 Å². The average molecular weight is 307 g/mol. The SMILES string of the molecule is Cc1ccc(C(=O)COC(=O)C2(C)CC2(Cl)Cl)s1. The summed E-state index contributed by atoms with van der Waals surface area (Å²) in [6.07, 6.45) is 0.355. The van der Waals surface area contributed by atoms with Gasteiger partial charge in [0.15, 0.2) is 6.61 Å². The largest absolute Gasteiger partial charge is 0.457 e. The molecule has 6 heteroatoms. The van der Waals surface area contributed by atoms with Crippen LogP contribution < -0.4 is 0 Å². The molecule has 1 aliphatic carbocycles. The number of alkyl halides is 2. The molecule has 1 aromatic heterocycles. The van der Waals surface area contributed by atoms with Crippen molar-refractivity contribution in [2.45, 2.75) is 24.6 Å². The Balaban J connectivity index is 1.90. The number of aryl methyl sites for hydroxylation is 1. The maximum absolute atomic E-state index is 11.7. The van der Waals surface area contributed by atoms with Gasteiger partial charge >= 0.3 is 5.97 Å². The molecular formula is C12H12Cl2O3S. The first-order valence-electron chi connectivity index (χ1n) is 5.41. The molecule has 0 bridgehead atoms. The number of carbonyl (C=O) groups is 2. The second kappa shape index (κ2) is 4.51. The number of Topliss-reactive ketones (excluding diaryl/α,β-unsaturated/α-hetero) is 1. The number of thiophene rings is 1. The lowest BCUT2D eigenvalue weighted by molar-refractivity contribution is -0.148. The van der Waals surface area contributed by atoms with Crippen molar-refractivity contribution in [3.63, 3.8) is 0 Å². The number of ketones is 1. The minimum absolute atomic E-state index is 0.208. The molecule has 1 unspecified atom stereocenters. The number of ether oxygens (including phenoxy) is 1. The molecule has 0 aromatic carbocycles. The van der Waals surface area contributed by atoms with Crippen LogP contribution in [-0.4, -0.2) is 22.7 Å². The molecule has 0 spiro atoms. The maximum Gasteiger partial charge on any atom is 0.315 e. The molecular weight excluding hydrogens is 295 g/mol. The van der Waals surface area contributed by atoms with E-state index in [9.17, 15) is 9.59 Å². The number of carbonyl (C=O) groups excluding carboxylic acids is 2. The molecule has 0 radical (unpaired) electrons. The smallest absolute Gasteiger partial charge is 0.315 e. The van der Waals surface area contributed by atoms with Crippen molar-refractivity contribution < 1.29 is 14.3 Å². The van der Waals surface area contributed by atoms with E-state index in [0.717, 1.165) is 4.88 Å². The van der Waals surface area contributed by atoms with Gasteiger partial charge in [0.2, 0.25) is 5.78 Å². The van der Waals surface area contributed by atoms with E-state index in [2.05, 4.69) is 0 Å². The lowest BCUT2D eigenvalue weighted by Gasteiger charge is -2.10. The normalized spacial score (nSPS) is 24.7. The quantitative estimate of drug-likeness (QED) is 0.486. The third-order valence-corrected chi connectivity index (χ3v) is 5.20. The molecule has 1 aromatic rings. The zero-order chi connectivity index (χ0) is 13.6. The highest BCUT2D eigenvalue weighted by Gasteiger charge is 2.69. The molecule has 0 N–H and O–H groups in total. The Morgan fingerprint density at radius 1 is 1.44 bits per heavy atom. The van der Waals surface area contributed by atoms with Crippen molar-refractivity contribution in [1.29, 1.82) is 0 Å². The Labute approximate surface area is 119 Å². The summed E-state index contributed by atoms with van der Waals surface area (Å²) in [6, 6.07) is 3.58. The van der Waals surface area contributed by atoms with Crippen LogP contribution in [0.4, 0.5) is 0 Å². The average Bonchev–Trinajstić information content (AvgIpc) is 2.63. The summed E-state index contributed by atoms with van der Waals surface area (Å²) in [6.45, 7) is 3.28. The van der Waals surface area contributed by atoms with Gasteiger partial charge in [-0.2, -0.15) is 0 Å². The van der Waals surface area contributed by atoms with Crippen LogP contribution in [0, 0.1) is 12.3 Å². The van der Waals surface area contributed by atoms with Crippen molar-refractivity contribution in [2.24, 2.45) is 5.41 Å². The third kappa shape index (κ3) is 2.42. The Morgan fingerprint density at radius 2 is 2.06 bits per heavy atom. The van der Waals surface area contributed by atoms with Crippen LogP contribution in [0.1, 0.15) is 27.9 Å². The van der Waals surface area contributed by atoms with Crippen molar-refractivity contribution in [3.8, 4) is 0 Å². The number of hydrogen-bond donors (Lipinski definition) is 0. The molecule has 1 fully saturated rings. The summed E-state index contributed by atoms with van der Waals surface area (Å²) in [7, 11) is 0. The van der Waals surface area contributed by atoms with Crippen molar-refractivity contribution in [2.75, 3.05) is 6.61 Å². The van der Waals surface area contributed by atoms with Crippen LogP contribution >= 0.6 is 34.5 Å². The van der Waals surface area contributed by atoms with Crippen molar-refractivity contribution in [3.05, 3.63) is 21.9 Å². The van der Waals surface area contributed by atoms with E-state index in [1.807, 2.05) is 13.0 Å². The number of esters is 1. The van der Waals surface area contributed by atoms with Crippen LogP contribution in [0.25, 0.3) is 0 Å². The van der Waals surface area contributed by atoms with Crippen LogP contribution in [0.2, 0.25) is 0 Å². The summed E-state index contributed by atoms with van der Waals surface area (Å²) in [4.78, 5) is 25.1. The fourth-order valence-corrected chi connectivity index (χ4v) is 3.05. The van der Waals surface area contributed by atoms with E-state index in [4.69, 9.17) is 27.9 Å². The monoisotopic (exact) mass is 306 g/mol. The van der Waals surface area contributed by atoms with Gasteiger partial charge in [-0.25, -0.2) is 0 Å². The van der Waals surface area contributed by atoms with Gasteiger partial charge < -0.3 is 4.74 Å². The van der Waals surface area contributed by atoms with Gasteiger partial charge in [-0.1, -0.05) is 0 Å².